The van der Waals surface area contributed by atoms with Crippen molar-refractivity contribution in [2.45, 2.75) is 26.2 Å². The fraction of sp³-hybridized carbons (Fsp3) is 0.312. The van der Waals surface area contributed by atoms with Crippen LogP contribution in [0.2, 0.25) is 0 Å². The molecule has 0 fully saturated rings. The first-order valence-electron chi connectivity index (χ1n) is 6.69. The molecule has 0 unspecified atom stereocenters. The van der Waals surface area contributed by atoms with Crippen molar-refractivity contribution in [1.82, 2.24) is 5.32 Å². The first kappa shape index (κ1) is 14.1. The molecule has 0 radical (unpaired) electrons. The average molecular weight is 320 g/mol. The van der Waals surface area contributed by atoms with Crippen LogP contribution in [0, 0.1) is 0 Å². The lowest BCUT2D eigenvalue weighted by molar-refractivity contribution is 0.0954. The van der Waals surface area contributed by atoms with Gasteiger partial charge in [0, 0.05) is 22.0 Å². The molecule has 0 aliphatic carbocycles. The summed E-state index contributed by atoms with van der Waals surface area (Å²) in [6.07, 6.45) is 3.35. The minimum atomic E-state index is 0.00797. The van der Waals surface area contributed by atoms with E-state index in [4.69, 9.17) is 0 Å². The van der Waals surface area contributed by atoms with Crippen molar-refractivity contribution in [3.05, 3.63) is 46.4 Å². The van der Waals surface area contributed by atoms with Gasteiger partial charge in [0.2, 0.25) is 0 Å². The lowest BCUT2D eigenvalue weighted by Gasteiger charge is -2.09. The van der Waals surface area contributed by atoms with E-state index in [9.17, 15) is 4.79 Å². The molecule has 2 nitrogen and oxygen atoms in total. The molecule has 1 N–H and O–H groups in total. The van der Waals surface area contributed by atoms with Gasteiger partial charge in [0.25, 0.3) is 5.91 Å². The Hall–Kier alpha value is -1.35. The number of amides is 1. The van der Waals surface area contributed by atoms with E-state index in [1.807, 2.05) is 36.4 Å². The van der Waals surface area contributed by atoms with E-state index >= 15 is 0 Å². The number of rotatable bonds is 5. The Morgan fingerprint density at radius 1 is 1.16 bits per heavy atom. The normalized spacial score (nSPS) is 10.6. The van der Waals surface area contributed by atoms with E-state index in [0.29, 0.717) is 0 Å². The van der Waals surface area contributed by atoms with Crippen LogP contribution in [0.1, 0.15) is 36.5 Å². The van der Waals surface area contributed by atoms with Crippen molar-refractivity contribution >= 4 is 32.6 Å². The summed E-state index contributed by atoms with van der Waals surface area (Å²) >= 11 is 3.53. The van der Waals surface area contributed by atoms with Crippen molar-refractivity contribution in [2.75, 3.05) is 6.54 Å². The maximum atomic E-state index is 12.2. The van der Waals surface area contributed by atoms with Crippen molar-refractivity contribution in [2.24, 2.45) is 0 Å². The number of carbonyl (C=O) groups is 1. The van der Waals surface area contributed by atoms with Crippen molar-refractivity contribution in [3.63, 3.8) is 0 Å². The highest BCUT2D eigenvalue weighted by atomic mass is 79.9. The standard InChI is InChI=1S/C16H18BrNO/c1-2-3-4-11-18-16(19)13-9-5-7-12-8-6-10-14(17)15(12)13/h5-10H,2-4,11H2,1H3,(H,18,19). The van der Waals surface area contributed by atoms with Gasteiger partial charge in [0.1, 0.15) is 0 Å². The smallest absolute Gasteiger partial charge is 0.251 e. The van der Waals surface area contributed by atoms with Gasteiger partial charge in [-0.25, -0.2) is 0 Å². The van der Waals surface area contributed by atoms with E-state index in [1.54, 1.807) is 0 Å². The molecule has 1 amide bonds. The molecule has 0 heterocycles. The predicted molar refractivity (Wildman–Crippen MR) is 83.5 cm³/mol. The number of carbonyl (C=O) groups excluding carboxylic acids is 1. The van der Waals surface area contributed by atoms with Gasteiger partial charge < -0.3 is 5.32 Å². The first-order chi connectivity index (χ1) is 9.24. The summed E-state index contributed by atoms with van der Waals surface area (Å²) in [4.78, 5) is 12.2. The second-order valence-corrected chi connectivity index (χ2v) is 5.46. The van der Waals surface area contributed by atoms with Crippen LogP contribution in [-0.4, -0.2) is 12.5 Å². The molecule has 3 heteroatoms. The Balaban J connectivity index is 2.22. The van der Waals surface area contributed by atoms with Gasteiger partial charge in [-0.2, -0.15) is 0 Å². The number of unbranched alkanes of at least 4 members (excludes halogenated alkanes) is 2. The zero-order valence-corrected chi connectivity index (χ0v) is 12.7. The molecule has 0 spiro atoms. The first-order valence-corrected chi connectivity index (χ1v) is 7.48. The largest absolute Gasteiger partial charge is 0.352 e. The average Bonchev–Trinajstić information content (AvgIpc) is 2.43. The lowest BCUT2D eigenvalue weighted by atomic mass is 10.0. The Bertz CT molecular complexity index is 575. The Kier molecular flexibility index (Phi) is 4.97. The number of hydrogen-bond acceptors (Lipinski definition) is 1. The summed E-state index contributed by atoms with van der Waals surface area (Å²) in [5.41, 5.74) is 0.737. The quantitative estimate of drug-likeness (QED) is 0.806. The molecule has 0 atom stereocenters. The summed E-state index contributed by atoms with van der Waals surface area (Å²) in [6.45, 7) is 2.90. The number of fused-ring (bicyclic) bond motifs is 1. The molecule has 2 aromatic carbocycles. The molecule has 0 aromatic heterocycles. The van der Waals surface area contributed by atoms with Crippen molar-refractivity contribution in [1.29, 1.82) is 0 Å². The van der Waals surface area contributed by atoms with Crippen LogP contribution in [0.4, 0.5) is 0 Å². The van der Waals surface area contributed by atoms with E-state index in [0.717, 1.165) is 46.6 Å². The van der Waals surface area contributed by atoms with Gasteiger partial charge in [0.05, 0.1) is 0 Å². The third kappa shape index (κ3) is 3.35. The number of halogens is 1. The number of nitrogens with one attached hydrogen (secondary N) is 1. The Labute approximate surface area is 122 Å². The van der Waals surface area contributed by atoms with Gasteiger partial charge in [-0.15, -0.1) is 0 Å². The zero-order chi connectivity index (χ0) is 13.7. The zero-order valence-electron chi connectivity index (χ0n) is 11.1. The van der Waals surface area contributed by atoms with E-state index in [2.05, 4.69) is 28.2 Å². The monoisotopic (exact) mass is 319 g/mol. The van der Waals surface area contributed by atoms with Crippen LogP contribution in [0.3, 0.4) is 0 Å². The molecule has 0 aliphatic rings. The van der Waals surface area contributed by atoms with Gasteiger partial charge >= 0.3 is 0 Å². The van der Waals surface area contributed by atoms with Gasteiger partial charge in [-0.05, 0) is 23.9 Å². The molecule has 19 heavy (non-hydrogen) atoms. The second kappa shape index (κ2) is 6.71. The molecular formula is C16H18BrNO. The maximum Gasteiger partial charge on any atom is 0.251 e. The summed E-state index contributed by atoms with van der Waals surface area (Å²) in [5.74, 6) is 0.00797. The van der Waals surface area contributed by atoms with Crippen LogP contribution < -0.4 is 5.32 Å². The predicted octanol–water partition coefficient (Wildman–Crippen LogP) is 4.52. The SMILES string of the molecule is CCCCCNC(=O)c1cccc2cccc(Br)c12. The molecule has 0 saturated carbocycles. The fourth-order valence-corrected chi connectivity index (χ4v) is 2.75. The maximum absolute atomic E-state index is 12.2. The highest BCUT2D eigenvalue weighted by Gasteiger charge is 2.11. The molecule has 100 valence electrons. The molecule has 0 bridgehead atoms. The van der Waals surface area contributed by atoms with Crippen LogP contribution in [0.5, 0.6) is 0 Å². The third-order valence-electron chi connectivity index (χ3n) is 3.16. The number of hydrogen-bond donors (Lipinski definition) is 1. The summed E-state index contributed by atoms with van der Waals surface area (Å²) in [7, 11) is 0. The third-order valence-corrected chi connectivity index (χ3v) is 3.83. The fourth-order valence-electron chi connectivity index (χ4n) is 2.16. The topological polar surface area (TPSA) is 29.1 Å². The van der Waals surface area contributed by atoms with Gasteiger partial charge in [-0.1, -0.05) is 60.0 Å². The van der Waals surface area contributed by atoms with Crippen LogP contribution >= 0.6 is 15.9 Å². The van der Waals surface area contributed by atoms with Crippen molar-refractivity contribution in [3.8, 4) is 0 Å². The summed E-state index contributed by atoms with van der Waals surface area (Å²) < 4.78 is 0.962. The van der Waals surface area contributed by atoms with Gasteiger partial charge in [-0.3, -0.25) is 4.79 Å². The van der Waals surface area contributed by atoms with Crippen molar-refractivity contribution < 1.29 is 4.79 Å². The Morgan fingerprint density at radius 2 is 1.89 bits per heavy atom. The number of benzene rings is 2. The molecule has 2 rings (SSSR count). The minimum Gasteiger partial charge on any atom is -0.352 e. The van der Waals surface area contributed by atoms with E-state index < -0.39 is 0 Å². The summed E-state index contributed by atoms with van der Waals surface area (Å²) in [5, 5.41) is 5.06. The highest BCUT2D eigenvalue weighted by Crippen LogP contribution is 2.27. The molecule has 0 saturated heterocycles. The second-order valence-electron chi connectivity index (χ2n) is 4.61. The van der Waals surface area contributed by atoms with Gasteiger partial charge in [0.15, 0.2) is 0 Å². The molecule has 2 aromatic rings. The van der Waals surface area contributed by atoms with Crippen LogP contribution in [0.25, 0.3) is 10.8 Å². The van der Waals surface area contributed by atoms with Crippen LogP contribution in [0.15, 0.2) is 40.9 Å². The van der Waals surface area contributed by atoms with E-state index in [-0.39, 0.29) is 5.91 Å². The summed E-state index contributed by atoms with van der Waals surface area (Å²) in [6, 6.07) is 11.8. The highest BCUT2D eigenvalue weighted by molar-refractivity contribution is 9.10. The van der Waals surface area contributed by atoms with Crippen LogP contribution in [-0.2, 0) is 0 Å². The van der Waals surface area contributed by atoms with E-state index in [1.165, 1.54) is 0 Å². The molecule has 0 aliphatic heterocycles. The Morgan fingerprint density at radius 3 is 2.63 bits per heavy atom. The molecular weight excluding hydrogens is 302 g/mol. The minimum absolute atomic E-state index is 0.00797. The lowest BCUT2D eigenvalue weighted by Crippen LogP contribution is -2.24.